The fourth-order valence-electron chi connectivity index (χ4n) is 1.46. The minimum atomic E-state index is -0.186. The van der Waals surface area contributed by atoms with E-state index >= 15 is 0 Å². The minimum absolute atomic E-state index is 0.186. The Morgan fingerprint density at radius 2 is 2.00 bits per heavy atom. The standard InChI is InChI=1S/C13H20NO/c1-3-5-11-7-9-12(10-8-11)15-13(14)6-4-2/h7-10,13H,1,3-6,14H2,2H3. The molecule has 0 spiro atoms. The zero-order chi connectivity index (χ0) is 11.1. The first-order valence-electron chi connectivity index (χ1n) is 5.56. The maximum Gasteiger partial charge on any atom is 0.147 e. The molecule has 0 fully saturated rings. The van der Waals surface area contributed by atoms with E-state index in [1.54, 1.807) is 0 Å². The second-order valence-corrected chi connectivity index (χ2v) is 3.69. The molecule has 0 aliphatic carbocycles. The number of benzene rings is 1. The Kier molecular flexibility index (Phi) is 5.19. The number of nitrogens with two attached hydrogens (primary N) is 1. The number of hydrogen-bond donors (Lipinski definition) is 1. The number of hydrogen-bond acceptors (Lipinski definition) is 2. The molecular weight excluding hydrogens is 186 g/mol. The second-order valence-electron chi connectivity index (χ2n) is 3.69. The molecule has 2 nitrogen and oxygen atoms in total. The summed E-state index contributed by atoms with van der Waals surface area (Å²) in [5.41, 5.74) is 7.07. The van der Waals surface area contributed by atoms with Gasteiger partial charge in [-0.3, -0.25) is 5.73 Å². The molecule has 0 amide bonds. The molecule has 1 rings (SSSR count). The Bertz CT molecular complexity index is 268. The Morgan fingerprint density at radius 1 is 1.33 bits per heavy atom. The lowest BCUT2D eigenvalue weighted by atomic mass is 10.1. The van der Waals surface area contributed by atoms with Crippen LogP contribution in [0.3, 0.4) is 0 Å². The lowest BCUT2D eigenvalue weighted by Gasteiger charge is -2.13. The molecule has 1 radical (unpaired) electrons. The molecule has 1 atom stereocenters. The maximum absolute atomic E-state index is 5.78. The fraction of sp³-hybridized carbons (Fsp3) is 0.462. The van der Waals surface area contributed by atoms with E-state index in [0.717, 1.165) is 31.4 Å². The van der Waals surface area contributed by atoms with Crippen molar-refractivity contribution in [3.8, 4) is 5.75 Å². The highest BCUT2D eigenvalue weighted by Crippen LogP contribution is 2.14. The molecule has 0 aromatic heterocycles. The lowest BCUT2D eigenvalue weighted by molar-refractivity contribution is 0.197. The van der Waals surface area contributed by atoms with Crippen molar-refractivity contribution < 1.29 is 4.74 Å². The highest BCUT2D eigenvalue weighted by molar-refractivity contribution is 5.27. The van der Waals surface area contributed by atoms with Crippen LogP contribution in [0.5, 0.6) is 5.75 Å². The molecule has 0 saturated heterocycles. The molecule has 2 heteroatoms. The van der Waals surface area contributed by atoms with E-state index in [2.05, 4.69) is 26.0 Å². The van der Waals surface area contributed by atoms with Crippen LogP contribution in [0.1, 0.15) is 31.7 Å². The quantitative estimate of drug-likeness (QED) is 0.726. The van der Waals surface area contributed by atoms with Crippen LogP contribution in [-0.2, 0) is 6.42 Å². The summed E-state index contributed by atoms with van der Waals surface area (Å²) in [6, 6.07) is 8.08. The zero-order valence-electron chi connectivity index (χ0n) is 9.41. The molecule has 0 aliphatic heterocycles. The predicted molar refractivity (Wildman–Crippen MR) is 63.6 cm³/mol. The molecule has 0 bridgehead atoms. The molecule has 1 unspecified atom stereocenters. The monoisotopic (exact) mass is 206 g/mol. The third kappa shape index (κ3) is 4.34. The topological polar surface area (TPSA) is 35.2 Å². The van der Waals surface area contributed by atoms with E-state index in [0.29, 0.717) is 0 Å². The Balaban J connectivity index is 2.48. The van der Waals surface area contributed by atoms with E-state index < -0.39 is 0 Å². The summed E-state index contributed by atoms with van der Waals surface area (Å²) in [4.78, 5) is 0. The van der Waals surface area contributed by atoms with Crippen molar-refractivity contribution >= 4 is 0 Å². The molecule has 1 aromatic carbocycles. The van der Waals surface area contributed by atoms with Crippen molar-refractivity contribution in [1.82, 2.24) is 0 Å². The molecular formula is C13H20NO. The van der Waals surface area contributed by atoms with Gasteiger partial charge in [0, 0.05) is 0 Å². The predicted octanol–water partition coefficient (Wildman–Crippen LogP) is 2.92. The van der Waals surface area contributed by atoms with Crippen LogP contribution in [0.25, 0.3) is 0 Å². The van der Waals surface area contributed by atoms with Crippen LogP contribution >= 0.6 is 0 Å². The van der Waals surface area contributed by atoms with Crippen molar-refractivity contribution in [2.75, 3.05) is 0 Å². The van der Waals surface area contributed by atoms with Gasteiger partial charge in [-0.05, 0) is 37.0 Å². The van der Waals surface area contributed by atoms with Crippen molar-refractivity contribution in [3.05, 3.63) is 36.8 Å². The van der Waals surface area contributed by atoms with Crippen molar-refractivity contribution in [2.45, 2.75) is 38.8 Å². The molecule has 0 aliphatic rings. The van der Waals surface area contributed by atoms with Gasteiger partial charge in [0.2, 0.25) is 0 Å². The Labute approximate surface area is 92.4 Å². The smallest absolute Gasteiger partial charge is 0.147 e. The largest absolute Gasteiger partial charge is 0.476 e. The average Bonchev–Trinajstić information content (AvgIpc) is 2.22. The summed E-state index contributed by atoms with van der Waals surface area (Å²) in [7, 11) is 0. The highest BCUT2D eigenvalue weighted by Gasteiger charge is 2.02. The first-order valence-corrected chi connectivity index (χ1v) is 5.56. The minimum Gasteiger partial charge on any atom is -0.476 e. The van der Waals surface area contributed by atoms with Crippen LogP contribution in [-0.4, -0.2) is 6.23 Å². The molecule has 83 valence electrons. The van der Waals surface area contributed by atoms with Gasteiger partial charge < -0.3 is 4.74 Å². The van der Waals surface area contributed by atoms with Gasteiger partial charge in [0.25, 0.3) is 0 Å². The number of ether oxygens (including phenoxy) is 1. The first kappa shape index (κ1) is 12.1. The van der Waals surface area contributed by atoms with Crippen LogP contribution in [0, 0.1) is 6.92 Å². The second kappa shape index (κ2) is 6.46. The molecule has 0 heterocycles. The van der Waals surface area contributed by atoms with Crippen LogP contribution in [0.2, 0.25) is 0 Å². The van der Waals surface area contributed by atoms with Gasteiger partial charge in [-0.2, -0.15) is 0 Å². The van der Waals surface area contributed by atoms with Crippen molar-refractivity contribution in [1.29, 1.82) is 0 Å². The van der Waals surface area contributed by atoms with Crippen molar-refractivity contribution in [3.63, 3.8) is 0 Å². The summed E-state index contributed by atoms with van der Waals surface area (Å²) >= 11 is 0. The van der Waals surface area contributed by atoms with Gasteiger partial charge in [-0.1, -0.05) is 32.4 Å². The SMILES string of the molecule is [CH2]CCc1ccc(OC(N)CCC)cc1. The summed E-state index contributed by atoms with van der Waals surface area (Å²) in [5.74, 6) is 0.851. The van der Waals surface area contributed by atoms with E-state index in [1.807, 2.05) is 12.1 Å². The summed E-state index contributed by atoms with van der Waals surface area (Å²) in [6.45, 7) is 5.92. The fourth-order valence-corrected chi connectivity index (χ4v) is 1.46. The number of aryl methyl sites for hydroxylation is 1. The highest BCUT2D eigenvalue weighted by atomic mass is 16.5. The first-order chi connectivity index (χ1) is 7.26. The zero-order valence-corrected chi connectivity index (χ0v) is 9.41. The lowest BCUT2D eigenvalue weighted by Crippen LogP contribution is -2.26. The van der Waals surface area contributed by atoms with Gasteiger partial charge in [0.1, 0.15) is 12.0 Å². The maximum atomic E-state index is 5.78. The molecule has 15 heavy (non-hydrogen) atoms. The van der Waals surface area contributed by atoms with Gasteiger partial charge in [-0.15, -0.1) is 0 Å². The van der Waals surface area contributed by atoms with Gasteiger partial charge >= 0.3 is 0 Å². The van der Waals surface area contributed by atoms with E-state index in [4.69, 9.17) is 10.5 Å². The van der Waals surface area contributed by atoms with Crippen molar-refractivity contribution in [2.24, 2.45) is 5.73 Å². The summed E-state index contributed by atoms with van der Waals surface area (Å²) < 4.78 is 5.55. The van der Waals surface area contributed by atoms with Gasteiger partial charge in [0.05, 0.1) is 0 Å². The summed E-state index contributed by atoms with van der Waals surface area (Å²) in [5, 5.41) is 0. The van der Waals surface area contributed by atoms with E-state index in [1.165, 1.54) is 5.56 Å². The number of rotatable bonds is 6. The van der Waals surface area contributed by atoms with E-state index in [-0.39, 0.29) is 6.23 Å². The van der Waals surface area contributed by atoms with Gasteiger partial charge in [0.15, 0.2) is 0 Å². The average molecular weight is 206 g/mol. The molecule has 0 saturated carbocycles. The normalized spacial score (nSPS) is 12.5. The van der Waals surface area contributed by atoms with Crippen LogP contribution in [0.15, 0.2) is 24.3 Å². The van der Waals surface area contributed by atoms with E-state index in [9.17, 15) is 0 Å². The van der Waals surface area contributed by atoms with Gasteiger partial charge in [-0.25, -0.2) is 0 Å². The third-order valence-electron chi connectivity index (χ3n) is 2.25. The molecule has 1 aromatic rings. The van der Waals surface area contributed by atoms with Crippen LogP contribution < -0.4 is 10.5 Å². The Hall–Kier alpha value is -1.02. The van der Waals surface area contributed by atoms with Crippen LogP contribution in [0.4, 0.5) is 0 Å². The Morgan fingerprint density at radius 3 is 2.53 bits per heavy atom. The molecule has 2 N–H and O–H groups in total. The summed E-state index contributed by atoms with van der Waals surface area (Å²) in [6.07, 6.45) is 3.69. The third-order valence-corrected chi connectivity index (χ3v) is 2.25.